The second-order valence-corrected chi connectivity index (χ2v) is 10.4. The summed E-state index contributed by atoms with van der Waals surface area (Å²) in [6.07, 6.45) is 2.45. The van der Waals surface area contributed by atoms with Gasteiger partial charge in [0.1, 0.15) is 23.7 Å². The van der Waals surface area contributed by atoms with Crippen molar-refractivity contribution < 1.29 is 19.0 Å². The minimum Gasteiger partial charge on any atom is -0.492 e. The summed E-state index contributed by atoms with van der Waals surface area (Å²) < 4.78 is 17.3. The van der Waals surface area contributed by atoms with Crippen LogP contribution in [0.1, 0.15) is 51.2 Å². The number of likely N-dealkylation sites (tertiary alicyclic amines) is 1. The lowest BCUT2D eigenvalue weighted by Crippen LogP contribution is -2.44. The number of hydrogen-bond donors (Lipinski definition) is 0. The molecule has 1 saturated heterocycles. The van der Waals surface area contributed by atoms with Gasteiger partial charge in [0.15, 0.2) is 0 Å². The number of carbonyl (C=O) groups excluding carboxylic acids is 1. The van der Waals surface area contributed by atoms with Gasteiger partial charge in [-0.3, -0.25) is 4.79 Å². The third-order valence-electron chi connectivity index (χ3n) is 6.30. The van der Waals surface area contributed by atoms with E-state index in [0.717, 1.165) is 49.5 Å². The molecule has 2 heterocycles. The predicted octanol–water partition coefficient (Wildman–Crippen LogP) is 5.23. The molecule has 1 spiro atoms. The van der Waals surface area contributed by atoms with Crippen molar-refractivity contribution >= 4 is 17.6 Å². The molecular weight excluding hydrogens is 450 g/mol. The molecule has 2 aliphatic rings. The first-order valence-corrected chi connectivity index (χ1v) is 12.2. The molecule has 0 atom stereocenters. The molecule has 2 aromatic carbocycles. The zero-order valence-corrected chi connectivity index (χ0v) is 20.9. The van der Waals surface area contributed by atoms with Gasteiger partial charge in [-0.2, -0.15) is 0 Å². The molecular formula is C28H32ClNO4. The largest absolute Gasteiger partial charge is 0.492 e. The second kappa shape index (κ2) is 10.3. The molecule has 0 aliphatic carbocycles. The van der Waals surface area contributed by atoms with Gasteiger partial charge in [0.05, 0.1) is 18.1 Å². The summed E-state index contributed by atoms with van der Waals surface area (Å²) in [7, 11) is 0. The van der Waals surface area contributed by atoms with Gasteiger partial charge in [0.25, 0.3) is 0 Å². The maximum Gasteiger partial charge on any atom is 0.307 e. The zero-order chi connectivity index (χ0) is 24.2. The van der Waals surface area contributed by atoms with Crippen LogP contribution < -0.4 is 9.47 Å². The highest BCUT2D eigenvalue weighted by molar-refractivity contribution is 6.31. The van der Waals surface area contributed by atoms with E-state index in [1.807, 2.05) is 57.2 Å². The Kier molecular flexibility index (Phi) is 7.40. The third-order valence-corrected chi connectivity index (χ3v) is 6.63. The zero-order valence-electron chi connectivity index (χ0n) is 20.2. The number of halogens is 1. The van der Waals surface area contributed by atoms with E-state index in [4.69, 9.17) is 25.8 Å². The fourth-order valence-corrected chi connectivity index (χ4v) is 4.70. The first kappa shape index (κ1) is 24.4. The van der Waals surface area contributed by atoms with Gasteiger partial charge in [-0.1, -0.05) is 41.6 Å². The Hall–Kier alpha value is -2.68. The fraction of sp³-hybridized carbons (Fsp3) is 0.464. The van der Waals surface area contributed by atoms with Crippen LogP contribution in [0.4, 0.5) is 0 Å². The highest BCUT2D eigenvalue weighted by atomic mass is 35.5. The number of hydrogen-bond acceptors (Lipinski definition) is 5. The van der Waals surface area contributed by atoms with Crippen LogP contribution in [0.2, 0.25) is 5.02 Å². The van der Waals surface area contributed by atoms with Gasteiger partial charge < -0.3 is 19.1 Å². The lowest BCUT2D eigenvalue weighted by atomic mass is 9.74. The fourth-order valence-electron chi connectivity index (χ4n) is 4.52. The molecule has 2 aliphatic heterocycles. The van der Waals surface area contributed by atoms with Crippen molar-refractivity contribution in [2.24, 2.45) is 0 Å². The van der Waals surface area contributed by atoms with Crippen molar-refractivity contribution in [2.45, 2.75) is 51.0 Å². The van der Waals surface area contributed by atoms with Gasteiger partial charge >= 0.3 is 5.97 Å². The summed E-state index contributed by atoms with van der Waals surface area (Å²) in [6, 6.07) is 13.6. The quantitative estimate of drug-likeness (QED) is 0.432. The number of benzene rings is 2. The molecule has 0 unspecified atom stereocenters. The number of ether oxygens (including phenoxy) is 3. The Morgan fingerprint density at radius 2 is 1.94 bits per heavy atom. The van der Waals surface area contributed by atoms with Crippen molar-refractivity contribution in [1.82, 2.24) is 4.90 Å². The van der Waals surface area contributed by atoms with Crippen molar-refractivity contribution in [1.29, 1.82) is 0 Å². The monoisotopic (exact) mass is 481 g/mol. The molecule has 2 aromatic rings. The molecule has 0 N–H and O–H groups in total. The smallest absolute Gasteiger partial charge is 0.307 e. The summed E-state index contributed by atoms with van der Waals surface area (Å²) in [5, 5.41) is 0.641. The molecule has 0 aromatic heterocycles. The van der Waals surface area contributed by atoms with Crippen LogP contribution in [0.15, 0.2) is 42.5 Å². The first-order chi connectivity index (χ1) is 16.2. The van der Waals surface area contributed by atoms with Crippen molar-refractivity contribution in [3.63, 3.8) is 0 Å². The SMILES string of the molecule is CC(C)(C)OC(=O)CCN1CCC2(CC1)COc1cc(OCC#Cc3ccccc3Cl)ccc12. The van der Waals surface area contributed by atoms with E-state index in [1.165, 1.54) is 5.56 Å². The van der Waals surface area contributed by atoms with E-state index in [2.05, 4.69) is 22.8 Å². The van der Waals surface area contributed by atoms with Crippen LogP contribution >= 0.6 is 11.6 Å². The lowest BCUT2D eigenvalue weighted by Gasteiger charge is -2.38. The summed E-state index contributed by atoms with van der Waals surface area (Å²) in [4.78, 5) is 14.4. The van der Waals surface area contributed by atoms with Crippen LogP contribution in [0, 0.1) is 11.8 Å². The van der Waals surface area contributed by atoms with Crippen molar-refractivity contribution in [2.75, 3.05) is 32.8 Å². The summed E-state index contributed by atoms with van der Waals surface area (Å²) in [6.45, 7) is 9.30. The average molecular weight is 482 g/mol. The molecule has 180 valence electrons. The Morgan fingerprint density at radius 1 is 1.18 bits per heavy atom. The molecule has 0 bridgehead atoms. The molecule has 4 rings (SSSR count). The Balaban J connectivity index is 1.29. The summed E-state index contributed by atoms with van der Waals surface area (Å²) in [5.74, 6) is 7.58. The van der Waals surface area contributed by atoms with E-state index in [0.29, 0.717) is 18.1 Å². The Morgan fingerprint density at radius 3 is 2.68 bits per heavy atom. The van der Waals surface area contributed by atoms with Gasteiger partial charge in [-0.15, -0.1) is 0 Å². The van der Waals surface area contributed by atoms with Crippen LogP contribution in [0.3, 0.4) is 0 Å². The van der Waals surface area contributed by atoms with Gasteiger partial charge in [-0.05, 0) is 64.9 Å². The predicted molar refractivity (Wildman–Crippen MR) is 134 cm³/mol. The normalized spacial score (nSPS) is 16.8. The molecule has 0 amide bonds. The molecule has 0 saturated carbocycles. The number of rotatable bonds is 5. The molecule has 1 fully saturated rings. The third kappa shape index (κ3) is 6.05. The summed E-state index contributed by atoms with van der Waals surface area (Å²) >= 11 is 6.13. The minimum absolute atomic E-state index is 0.0418. The van der Waals surface area contributed by atoms with Crippen molar-refractivity contribution in [3.05, 3.63) is 58.6 Å². The standard InChI is InChI=1S/C28H32ClNO4/c1-27(2,3)34-26(31)12-15-30-16-13-28(14-17-30)20-33-25-19-22(10-11-23(25)28)32-18-6-8-21-7-4-5-9-24(21)29/h4-5,7,9-11,19H,12-18,20H2,1-3H3. The highest BCUT2D eigenvalue weighted by Crippen LogP contribution is 2.46. The highest BCUT2D eigenvalue weighted by Gasteiger charge is 2.43. The molecule has 34 heavy (non-hydrogen) atoms. The molecule has 5 nitrogen and oxygen atoms in total. The number of fused-ring (bicyclic) bond motifs is 2. The Bertz CT molecular complexity index is 1090. The number of nitrogens with zero attached hydrogens (tertiary/aromatic N) is 1. The van der Waals surface area contributed by atoms with Gasteiger partial charge in [0.2, 0.25) is 0 Å². The van der Waals surface area contributed by atoms with Crippen LogP contribution in [0.25, 0.3) is 0 Å². The topological polar surface area (TPSA) is 48.0 Å². The summed E-state index contributed by atoms with van der Waals surface area (Å²) in [5.41, 5.74) is 1.66. The van der Waals surface area contributed by atoms with Crippen LogP contribution in [0.5, 0.6) is 11.5 Å². The minimum atomic E-state index is -0.432. The van der Waals surface area contributed by atoms with E-state index in [-0.39, 0.29) is 18.0 Å². The first-order valence-electron chi connectivity index (χ1n) is 11.8. The van der Waals surface area contributed by atoms with Crippen molar-refractivity contribution in [3.8, 4) is 23.3 Å². The maximum atomic E-state index is 12.0. The van der Waals surface area contributed by atoms with E-state index in [9.17, 15) is 4.79 Å². The second-order valence-electron chi connectivity index (χ2n) is 9.98. The van der Waals surface area contributed by atoms with Crippen LogP contribution in [-0.4, -0.2) is 49.3 Å². The van der Waals surface area contributed by atoms with Crippen LogP contribution in [-0.2, 0) is 14.9 Å². The van der Waals surface area contributed by atoms with Gasteiger partial charge in [0, 0.05) is 29.2 Å². The number of carbonyl (C=O) groups is 1. The maximum absolute atomic E-state index is 12.0. The molecule has 6 heteroatoms. The average Bonchev–Trinajstić information content (AvgIpc) is 3.14. The van der Waals surface area contributed by atoms with E-state index >= 15 is 0 Å². The van der Waals surface area contributed by atoms with E-state index in [1.54, 1.807) is 0 Å². The number of esters is 1. The lowest BCUT2D eigenvalue weighted by molar-refractivity contribution is -0.155. The Labute approximate surface area is 207 Å². The van der Waals surface area contributed by atoms with Gasteiger partial charge in [-0.25, -0.2) is 0 Å². The number of piperidine rings is 1. The molecule has 0 radical (unpaired) electrons. The van der Waals surface area contributed by atoms with E-state index < -0.39 is 5.60 Å².